The summed E-state index contributed by atoms with van der Waals surface area (Å²) in [7, 11) is 0. The molecule has 0 bridgehead atoms. The molecule has 7 rings (SSSR count). The lowest BCUT2D eigenvalue weighted by Gasteiger charge is -2.34. The van der Waals surface area contributed by atoms with Gasteiger partial charge in [0, 0.05) is 10.8 Å². The number of aliphatic carboxylic acids is 2. The third kappa shape index (κ3) is 13.9. The maximum Gasteiger partial charge on any atom is 0.307 e. The SMILES string of the molecule is CCC(CC)(c1ccc(/C=C/C2(O)CCCCC2)c(C)c1)c1ccc(-c2ccc(CC(=O)O)cc2)c(C)c1.CCC(CC)(c1ccc(CCC(O)C(C)(C)C)c(C)c1)c1ccc(-c2ccc(CC(=O)O)c(F)c2)c(C)c1. The summed E-state index contributed by atoms with van der Waals surface area (Å²) in [6, 6.07) is 39.5. The smallest absolute Gasteiger partial charge is 0.307 e. The Bertz CT molecular complexity index is 2980. The van der Waals surface area contributed by atoms with E-state index in [0.29, 0.717) is 0 Å². The van der Waals surface area contributed by atoms with Crippen molar-refractivity contribution >= 4 is 18.0 Å². The number of aryl methyl sites for hydroxylation is 5. The molecule has 76 heavy (non-hydrogen) atoms. The van der Waals surface area contributed by atoms with Gasteiger partial charge in [-0.25, -0.2) is 4.39 Å². The number of aliphatic hydroxyl groups excluding tert-OH is 1. The topological polar surface area (TPSA) is 115 Å². The van der Waals surface area contributed by atoms with Crippen LogP contribution in [0.4, 0.5) is 4.39 Å². The molecule has 6 aromatic rings. The normalized spacial score (nSPS) is 14.3. The first-order valence-electron chi connectivity index (χ1n) is 27.9. The van der Waals surface area contributed by atoms with E-state index in [-0.39, 0.29) is 40.8 Å². The molecule has 1 aliphatic rings. The minimum Gasteiger partial charge on any atom is -0.481 e. The average Bonchev–Trinajstić information content (AvgIpc) is 3.38. The van der Waals surface area contributed by atoms with Crippen LogP contribution in [0.25, 0.3) is 28.3 Å². The second-order valence-electron chi connectivity index (χ2n) is 22.9. The van der Waals surface area contributed by atoms with Crippen molar-refractivity contribution in [1.29, 1.82) is 0 Å². The van der Waals surface area contributed by atoms with Crippen LogP contribution in [0.15, 0.2) is 121 Å². The van der Waals surface area contributed by atoms with Crippen LogP contribution in [-0.2, 0) is 39.7 Å². The van der Waals surface area contributed by atoms with E-state index >= 15 is 0 Å². The second-order valence-corrected chi connectivity index (χ2v) is 22.9. The number of hydrogen-bond donors (Lipinski definition) is 4. The van der Waals surface area contributed by atoms with Crippen molar-refractivity contribution in [2.45, 2.75) is 182 Å². The summed E-state index contributed by atoms with van der Waals surface area (Å²) < 4.78 is 14.6. The first-order chi connectivity index (χ1) is 36.0. The molecule has 0 aliphatic heterocycles. The monoisotopic (exact) mass is 1030 g/mol. The summed E-state index contributed by atoms with van der Waals surface area (Å²) in [5, 5.41) is 39.5. The van der Waals surface area contributed by atoms with Gasteiger partial charge in [-0.05, 0) is 180 Å². The quantitative estimate of drug-likeness (QED) is 0.0642. The van der Waals surface area contributed by atoms with E-state index in [0.717, 1.165) is 92.0 Å². The summed E-state index contributed by atoms with van der Waals surface area (Å²) >= 11 is 0. The van der Waals surface area contributed by atoms with Crippen molar-refractivity contribution in [2.75, 3.05) is 0 Å². The summed E-state index contributed by atoms with van der Waals surface area (Å²) in [6.07, 6.45) is 14.2. The van der Waals surface area contributed by atoms with Crippen molar-refractivity contribution in [1.82, 2.24) is 0 Å². The van der Waals surface area contributed by atoms with Gasteiger partial charge in [0.15, 0.2) is 0 Å². The van der Waals surface area contributed by atoms with Gasteiger partial charge in [-0.1, -0.05) is 189 Å². The molecule has 6 aromatic carbocycles. The van der Waals surface area contributed by atoms with Gasteiger partial charge in [-0.15, -0.1) is 0 Å². The lowest BCUT2D eigenvalue weighted by atomic mass is 9.69. The van der Waals surface area contributed by atoms with Crippen LogP contribution < -0.4 is 0 Å². The molecular weight excluding hydrogens is 944 g/mol. The molecule has 0 aromatic heterocycles. The van der Waals surface area contributed by atoms with Gasteiger partial charge >= 0.3 is 11.9 Å². The molecule has 0 saturated heterocycles. The van der Waals surface area contributed by atoms with Crippen LogP contribution in [-0.4, -0.2) is 44.1 Å². The fourth-order valence-corrected chi connectivity index (χ4v) is 11.8. The van der Waals surface area contributed by atoms with Crippen molar-refractivity contribution in [3.63, 3.8) is 0 Å². The zero-order valence-electron chi connectivity index (χ0n) is 47.4. The Morgan fingerprint density at radius 3 is 1.50 bits per heavy atom. The molecule has 6 nitrogen and oxygen atoms in total. The Kier molecular flexibility index (Phi) is 19.7. The molecular formula is C69H85FO6. The summed E-state index contributed by atoms with van der Waals surface area (Å²) in [6.45, 7) is 23.8. The largest absolute Gasteiger partial charge is 0.481 e. The highest BCUT2D eigenvalue weighted by atomic mass is 19.1. The maximum absolute atomic E-state index is 14.6. The molecule has 1 aliphatic carbocycles. The predicted molar refractivity (Wildman–Crippen MR) is 312 cm³/mol. The first kappa shape index (κ1) is 59.1. The third-order valence-electron chi connectivity index (χ3n) is 17.0. The molecule has 1 atom stereocenters. The van der Waals surface area contributed by atoms with Crippen molar-refractivity contribution < 1.29 is 34.4 Å². The van der Waals surface area contributed by atoms with Crippen LogP contribution >= 0.6 is 0 Å². The zero-order chi connectivity index (χ0) is 55.6. The highest BCUT2D eigenvalue weighted by molar-refractivity contribution is 5.74. The standard InChI is InChI=1S/C35H42O3.C34H43FO3/c1-5-35(6-2,30-15-14-28(25(3)22-30)18-21-34(38)19-8-7-9-20-34)31-16-17-32(26(4)23-31)29-12-10-27(11-13-29)24-33(36)37;1-8-34(9-2,27-14-12-24(22(3)18-27)13-17-31(36)33(5,6)7)28-15-16-29(23(4)19-28)25-10-11-26(21-32(37)38)30(35)20-25/h10-18,21-23,38H,5-9,19-20,24H2,1-4H3,(H,36,37);10-12,14-16,18-20,31,36H,8-9,13,17,21H2,1-7H3,(H,37,38)/b21-18+;. The third-order valence-corrected chi connectivity index (χ3v) is 17.0. The van der Waals surface area contributed by atoms with Crippen LogP contribution in [0, 0.1) is 38.9 Å². The number of hydrogen-bond acceptors (Lipinski definition) is 4. The molecule has 0 amide bonds. The predicted octanol–water partition coefficient (Wildman–Crippen LogP) is 16.6. The Morgan fingerprint density at radius 1 is 0.579 bits per heavy atom. The Balaban J connectivity index is 0.000000247. The number of carboxylic acids is 2. The first-order valence-corrected chi connectivity index (χ1v) is 27.9. The minimum atomic E-state index is -1.04. The van der Waals surface area contributed by atoms with Crippen molar-refractivity contribution in [3.05, 3.63) is 194 Å². The molecule has 4 N–H and O–H groups in total. The fourth-order valence-electron chi connectivity index (χ4n) is 11.8. The number of rotatable bonds is 19. The average molecular weight is 1030 g/mol. The molecule has 1 saturated carbocycles. The van der Waals surface area contributed by atoms with Gasteiger partial charge in [0.05, 0.1) is 24.5 Å². The van der Waals surface area contributed by atoms with Gasteiger partial charge in [0.2, 0.25) is 0 Å². The number of halogens is 1. The molecule has 0 heterocycles. The fraction of sp³-hybridized carbons (Fsp3) is 0.420. The summed E-state index contributed by atoms with van der Waals surface area (Å²) in [5.41, 5.74) is 16.4. The number of carboxylic acid groups (broad SMARTS) is 2. The van der Waals surface area contributed by atoms with Crippen LogP contribution in [0.5, 0.6) is 0 Å². The van der Waals surface area contributed by atoms with E-state index in [1.165, 1.54) is 68.1 Å². The van der Waals surface area contributed by atoms with Gasteiger partial charge < -0.3 is 20.4 Å². The second kappa shape index (κ2) is 25.3. The molecule has 1 unspecified atom stereocenters. The Hall–Kier alpha value is -6.15. The lowest BCUT2D eigenvalue weighted by Crippen LogP contribution is -2.28. The zero-order valence-corrected chi connectivity index (χ0v) is 47.4. The van der Waals surface area contributed by atoms with Crippen LogP contribution in [0.2, 0.25) is 0 Å². The molecule has 404 valence electrons. The van der Waals surface area contributed by atoms with Crippen LogP contribution in [0.1, 0.15) is 179 Å². The maximum atomic E-state index is 14.6. The summed E-state index contributed by atoms with van der Waals surface area (Å²) in [5.74, 6) is -2.34. The summed E-state index contributed by atoms with van der Waals surface area (Å²) in [4.78, 5) is 22.0. The number of benzene rings is 6. The van der Waals surface area contributed by atoms with Gasteiger partial charge in [0.1, 0.15) is 5.82 Å². The minimum absolute atomic E-state index is 0.0442. The molecule has 7 heteroatoms. The Labute approximate surface area is 454 Å². The Morgan fingerprint density at radius 2 is 1.04 bits per heavy atom. The highest BCUT2D eigenvalue weighted by Crippen LogP contribution is 2.43. The molecule has 1 fully saturated rings. The van der Waals surface area contributed by atoms with Crippen LogP contribution in [0.3, 0.4) is 0 Å². The number of aliphatic hydroxyl groups is 2. The van der Waals surface area contributed by atoms with E-state index in [2.05, 4.69) is 148 Å². The highest BCUT2D eigenvalue weighted by Gasteiger charge is 2.34. The van der Waals surface area contributed by atoms with Gasteiger partial charge in [0.25, 0.3) is 0 Å². The van der Waals surface area contributed by atoms with E-state index in [1.54, 1.807) is 12.1 Å². The number of carbonyl (C=O) groups is 2. The van der Waals surface area contributed by atoms with E-state index in [4.69, 9.17) is 10.2 Å². The van der Waals surface area contributed by atoms with E-state index in [1.807, 2.05) is 37.3 Å². The van der Waals surface area contributed by atoms with Gasteiger partial charge in [-0.2, -0.15) is 0 Å². The van der Waals surface area contributed by atoms with E-state index < -0.39 is 23.4 Å². The molecule has 0 spiro atoms. The molecule has 0 radical (unpaired) electrons. The van der Waals surface area contributed by atoms with Crippen molar-refractivity contribution in [2.24, 2.45) is 5.41 Å². The van der Waals surface area contributed by atoms with Crippen molar-refractivity contribution in [3.8, 4) is 22.3 Å². The lowest BCUT2D eigenvalue weighted by molar-refractivity contribution is -0.137. The van der Waals surface area contributed by atoms with E-state index in [9.17, 15) is 24.2 Å². The van der Waals surface area contributed by atoms with Gasteiger partial charge in [-0.3, -0.25) is 9.59 Å².